The summed E-state index contributed by atoms with van der Waals surface area (Å²) >= 11 is 1.92. The van der Waals surface area contributed by atoms with Gasteiger partial charge >= 0.3 is 0 Å². The van der Waals surface area contributed by atoms with Gasteiger partial charge in [-0.25, -0.2) is 0 Å². The third-order valence-electron chi connectivity index (χ3n) is 2.97. The quantitative estimate of drug-likeness (QED) is 0.744. The number of aromatic nitrogens is 2. The van der Waals surface area contributed by atoms with Crippen LogP contribution < -0.4 is 5.32 Å². The molecule has 92 valence electrons. The standard InChI is InChI=1S/C12H23N3S/c1-10(13-7-5-6-8-16-4)12-9-14-15(3)11(12)2/h9-10,13H,5-8H2,1-4H3. The zero-order chi connectivity index (χ0) is 12.0. The van der Waals surface area contributed by atoms with Gasteiger partial charge in [0.1, 0.15) is 0 Å². The molecule has 0 fully saturated rings. The number of nitrogens with zero attached hydrogens (tertiary/aromatic N) is 2. The summed E-state index contributed by atoms with van der Waals surface area (Å²) in [5.74, 6) is 1.27. The van der Waals surface area contributed by atoms with Crippen LogP contribution in [0.4, 0.5) is 0 Å². The molecule has 0 radical (unpaired) electrons. The summed E-state index contributed by atoms with van der Waals surface area (Å²) in [6.45, 7) is 5.42. The minimum Gasteiger partial charge on any atom is -0.310 e. The fraction of sp³-hybridized carbons (Fsp3) is 0.750. The topological polar surface area (TPSA) is 29.9 Å². The van der Waals surface area contributed by atoms with Gasteiger partial charge in [-0.3, -0.25) is 4.68 Å². The van der Waals surface area contributed by atoms with E-state index in [1.54, 1.807) is 0 Å². The summed E-state index contributed by atoms with van der Waals surface area (Å²) < 4.78 is 1.93. The van der Waals surface area contributed by atoms with Gasteiger partial charge in [0.25, 0.3) is 0 Å². The molecule has 4 heteroatoms. The normalized spacial score (nSPS) is 13.0. The van der Waals surface area contributed by atoms with Gasteiger partial charge in [-0.15, -0.1) is 0 Å². The highest BCUT2D eigenvalue weighted by atomic mass is 32.2. The lowest BCUT2D eigenvalue weighted by Gasteiger charge is -2.13. The molecule has 0 aromatic carbocycles. The summed E-state index contributed by atoms with van der Waals surface area (Å²) in [6.07, 6.45) is 6.68. The predicted molar refractivity (Wildman–Crippen MR) is 72.0 cm³/mol. The third-order valence-corrected chi connectivity index (χ3v) is 3.66. The second-order valence-electron chi connectivity index (χ2n) is 4.18. The van der Waals surface area contributed by atoms with Gasteiger partial charge < -0.3 is 5.32 Å². The number of hydrogen-bond acceptors (Lipinski definition) is 3. The van der Waals surface area contributed by atoms with Crippen molar-refractivity contribution in [2.45, 2.75) is 32.7 Å². The van der Waals surface area contributed by atoms with E-state index in [1.165, 1.54) is 29.9 Å². The summed E-state index contributed by atoms with van der Waals surface area (Å²) in [6, 6.07) is 0.406. The highest BCUT2D eigenvalue weighted by molar-refractivity contribution is 7.98. The Morgan fingerprint density at radius 3 is 2.81 bits per heavy atom. The zero-order valence-corrected chi connectivity index (χ0v) is 11.6. The van der Waals surface area contributed by atoms with Crippen molar-refractivity contribution in [3.63, 3.8) is 0 Å². The molecule has 0 aliphatic rings. The van der Waals surface area contributed by atoms with Crippen LogP contribution in [-0.4, -0.2) is 28.3 Å². The van der Waals surface area contributed by atoms with Gasteiger partial charge in [0.15, 0.2) is 0 Å². The molecule has 0 aliphatic carbocycles. The van der Waals surface area contributed by atoms with E-state index >= 15 is 0 Å². The fourth-order valence-corrected chi connectivity index (χ4v) is 2.23. The van der Waals surface area contributed by atoms with Gasteiger partial charge in [-0.1, -0.05) is 0 Å². The summed E-state index contributed by atoms with van der Waals surface area (Å²) in [4.78, 5) is 0. The Bertz CT molecular complexity index is 309. The van der Waals surface area contributed by atoms with Crippen LogP contribution in [0.3, 0.4) is 0 Å². The van der Waals surface area contributed by atoms with Crippen molar-refractivity contribution in [2.75, 3.05) is 18.6 Å². The number of thioether (sulfide) groups is 1. The molecule has 16 heavy (non-hydrogen) atoms. The molecular formula is C12H23N3S. The van der Waals surface area contributed by atoms with E-state index < -0.39 is 0 Å². The minimum atomic E-state index is 0.406. The zero-order valence-electron chi connectivity index (χ0n) is 10.8. The summed E-state index contributed by atoms with van der Waals surface area (Å²) in [5.41, 5.74) is 2.57. The fourth-order valence-electron chi connectivity index (χ4n) is 1.74. The molecule has 1 unspecified atom stereocenters. The van der Waals surface area contributed by atoms with E-state index in [9.17, 15) is 0 Å². The van der Waals surface area contributed by atoms with E-state index in [0.29, 0.717) is 6.04 Å². The van der Waals surface area contributed by atoms with Gasteiger partial charge in [-0.05, 0) is 45.2 Å². The first-order chi connectivity index (χ1) is 7.66. The van der Waals surface area contributed by atoms with Crippen LogP contribution >= 0.6 is 11.8 Å². The lowest BCUT2D eigenvalue weighted by atomic mass is 10.1. The molecule has 1 aromatic rings. The van der Waals surface area contributed by atoms with Crippen LogP contribution in [-0.2, 0) is 7.05 Å². The van der Waals surface area contributed by atoms with E-state index in [4.69, 9.17) is 0 Å². The number of aryl methyl sites for hydroxylation is 1. The Kier molecular flexibility index (Phi) is 5.91. The van der Waals surface area contributed by atoms with Gasteiger partial charge in [0.05, 0.1) is 6.20 Å². The average molecular weight is 241 g/mol. The second-order valence-corrected chi connectivity index (χ2v) is 5.17. The van der Waals surface area contributed by atoms with Crippen molar-refractivity contribution in [1.29, 1.82) is 0 Å². The lowest BCUT2D eigenvalue weighted by molar-refractivity contribution is 0.552. The van der Waals surface area contributed by atoms with Crippen LogP contribution in [0.5, 0.6) is 0 Å². The first-order valence-electron chi connectivity index (χ1n) is 5.87. The number of hydrogen-bond donors (Lipinski definition) is 1. The van der Waals surface area contributed by atoms with Crippen LogP contribution in [0.2, 0.25) is 0 Å². The molecule has 0 saturated heterocycles. The van der Waals surface area contributed by atoms with Crippen molar-refractivity contribution >= 4 is 11.8 Å². The first-order valence-corrected chi connectivity index (χ1v) is 7.27. The second kappa shape index (κ2) is 6.97. The van der Waals surface area contributed by atoms with Gasteiger partial charge in [0, 0.05) is 24.3 Å². The van der Waals surface area contributed by atoms with Gasteiger partial charge in [0.2, 0.25) is 0 Å². The number of unbranched alkanes of at least 4 members (excludes halogenated alkanes) is 1. The van der Waals surface area contributed by atoms with Crippen molar-refractivity contribution in [1.82, 2.24) is 15.1 Å². The monoisotopic (exact) mass is 241 g/mol. The number of nitrogens with one attached hydrogen (secondary N) is 1. The van der Waals surface area contributed by atoms with E-state index in [1.807, 2.05) is 29.7 Å². The summed E-state index contributed by atoms with van der Waals surface area (Å²) in [7, 11) is 1.99. The molecule has 0 aliphatic heterocycles. The van der Waals surface area contributed by atoms with Crippen molar-refractivity contribution in [2.24, 2.45) is 7.05 Å². The molecule has 1 heterocycles. The van der Waals surface area contributed by atoms with E-state index in [-0.39, 0.29) is 0 Å². The molecule has 1 rings (SSSR count). The SMILES string of the molecule is CSCCCCNC(C)c1cnn(C)c1C. The van der Waals surface area contributed by atoms with E-state index in [0.717, 1.165) is 6.54 Å². The van der Waals surface area contributed by atoms with Crippen LogP contribution in [0.1, 0.15) is 37.1 Å². The highest BCUT2D eigenvalue weighted by Gasteiger charge is 2.10. The average Bonchev–Trinajstić information content (AvgIpc) is 2.59. The maximum Gasteiger partial charge on any atom is 0.0540 e. The van der Waals surface area contributed by atoms with Crippen molar-refractivity contribution in [3.8, 4) is 0 Å². The van der Waals surface area contributed by atoms with Gasteiger partial charge in [-0.2, -0.15) is 16.9 Å². The molecule has 1 atom stereocenters. The minimum absolute atomic E-state index is 0.406. The Labute approximate surface area is 103 Å². The van der Waals surface area contributed by atoms with Crippen LogP contribution in [0, 0.1) is 6.92 Å². The number of rotatable bonds is 7. The molecule has 1 N–H and O–H groups in total. The van der Waals surface area contributed by atoms with E-state index in [2.05, 4.69) is 30.5 Å². The maximum atomic E-state index is 4.27. The molecule has 0 saturated carbocycles. The Balaban J connectivity index is 2.30. The molecule has 0 amide bonds. The van der Waals surface area contributed by atoms with Crippen molar-refractivity contribution < 1.29 is 0 Å². The smallest absolute Gasteiger partial charge is 0.0540 e. The summed E-state index contributed by atoms with van der Waals surface area (Å²) in [5, 5.41) is 7.82. The Morgan fingerprint density at radius 2 is 2.25 bits per heavy atom. The molecule has 0 bridgehead atoms. The molecule has 0 spiro atoms. The predicted octanol–water partition coefficient (Wildman–Crippen LogP) is 2.52. The van der Waals surface area contributed by atoms with Crippen LogP contribution in [0.25, 0.3) is 0 Å². The molecule has 1 aromatic heterocycles. The van der Waals surface area contributed by atoms with Crippen LogP contribution in [0.15, 0.2) is 6.20 Å². The molecular weight excluding hydrogens is 218 g/mol. The third kappa shape index (κ3) is 3.83. The largest absolute Gasteiger partial charge is 0.310 e. The Morgan fingerprint density at radius 1 is 1.50 bits per heavy atom. The molecule has 3 nitrogen and oxygen atoms in total. The highest BCUT2D eigenvalue weighted by Crippen LogP contribution is 2.15. The lowest BCUT2D eigenvalue weighted by Crippen LogP contribution is -2.20. The Hall–Kier alpha value is -0.480. The first kappa shape index (κ1) is 13.6. The van der Waals surface area contributed by atoms with Crippen molar-refractivity contribution in [3.05, 3.63) is 17.5 Å². The maximum absolute atomic E-state index is 4.27.